The van der Waals surface area contributed by atoms with E-state index in [1.54, 1.807) is 0 Å². The van der Waals surface area contributed by atoms with Crippen LogP contribution in [-0.2, 0) is 9.59 Å². The molecule has 0 saturated carbocycles. The van der Waals surface area contributed by atoms with E-state index >= 15 is 4.39 Å². The second kappa shape index (κ2) is 9.92. The summed E-state index contributed by atoms with van der Waals surface area (Å²) in [7, 11) is 0. The van der Waals surface area contributed by atoms with Crippen LogP contribution in [0.3, 0.4) is 0 Å². The molecular weight excluding hydrogens is 523 g/mol. The normalized spacial score (nSPS) is 24.3. The maximum Gasteiger partial charge on any atom is 0.262 e. The lowest BCUT2D eigenvalue weighted by molar-refractivity contribution is -0.136. The van der Waals surface area contributed by atoms with Crippen LogP contribution in [0.15, 0.2) is 72.8 Å². The number of imide groups is 2. The molecule has 3 unspecified atom stereocenters. The number of hydrogen-bond donors (Lipinski definition) is 1. The minimum atomic E-state index is -1.08. The molecule has 2 bridgehead atoms. The summed E-state index contributed by atoms with van der Waals surface area (Å²) in [4.78, 5) is 56.0. The molecule has 4 amide bonds. The Morgan fingerprint density at radius 3 is 1.95 bits per heavy atom. The Morgan fingerprint density at radius 1 is 0.756 bits per heavy atom. The first-order chi connectivity index (χ1) is 19.9. The maximum absolute atomic E-state index is 15.7. The number of nitrogens with zero attached hydrogens (tertiary/aromatic N) is 3. The zero-order valence-electron chi connectivity index (χ0n) is 22.3. The van der Waals surface area contributed by atoms with Crippen LogP contribution >= 0.6 is 0 Å². The van der Waals surface area contributed by atoms with Crippen LogP contribution in [0.25, 0.3) is 0 Å². The molecule has 3 aromatic rings. The van der Waals surface area contributed by atoms with Crippen molar-refractivity contribution in [3.63, 3.8) is 0 Å². The van der Waals surface area contributed by atoms with Crippen LogP contribution in [0.4, 0.5) is 10.1 Å². The van der Waals surface area contributed by atoms with Crippen molar-refractivity contribution in [1.29, 1.82) is 0 Å². The van der Waals surface area contributed by atoms with Gasteiger partial charge in [-0.1, -0.05) is 60.7 Å². The zero-order chi connectivity index (χ0) is 28.2. The van der Waals surface area contributed by atoms with Crippen LogP contribution in [0.2, 0.25) is 0 Å². The molecule has 9 heteroatoms. The number of benzene rings is 3. The number of piperidine rings is 3. The van der Waals surface area contributed by atoms with Gasteiger partial charge in [0, 0.05) is 31.6 Å². The van der Waals surface area contributed by atoms with Gasteiger partial charge in [0.2, 0.25) is 11.8 Å². The Hall–Kier alpha value is -4.37. The minimum Gasteiger partial charge on any atom is -0.363 e. The van der Waals surface area contributed by atoms with Gasteiger partial charge in [-0.15, -0.1) is 0 Å². The van der Waals surface area contributed by atoms with Crippen molar-refractivity contribution in [1.82, 2.24) is 15.1 Å². The average molecular weight is 553 g/mol. The summed E-state index contributed by atoms with van der Waals surface area (Å²) in [5, 5.41) is 2.19. The molecule has 3 atom stereocenters. The summed E-state index contributed by atoms with van der Waals surface area (Å²) in [6.45, 7) is 1.32. The van der Waals surface area contributed by atoms with Crippen molar-refractivity contribution in [3.05, 3.63) is 101 Å². The first-order valence-corrected chi connectivity index (χ1v) is 14.1. The lowest BCUT2D eigenvalue weighted by Crippen LogP contribution is -2.63. The van der Waals surface area contributed by atoms with E-state index in [4.69, 9.17) is 0 Å². The monoisotopic (exact) mass is 552 g/mol. The molecule has 41 heavy (non-hydrogen) atoms. The molecule has 0 aliphatic carbocycles. The molecule has 4 saturated heterocycles. The highest BCUT2D eigenvalue weighted by Crippen LogP contribution is 2.42. The number of carbonyl (C=O) groups is 4. The van der Waals surface area contributed by atoms with Crippen LogP contribution < -0.4 is 10.2 Å². The molecule has 5 aliphatic heterocycles. The molecule has 8 nitrogen and oxygen atoms in total. The summed E-state index contributed by atoms with van der Waals surface area (Å²) in [6.07, 6.45) is 1.96. The number of anilines is 1. The quantitative estimate of drug-likeness (QED) is 0.486. The van der Waals surface area contributed by atoms with Gasteiger partial charge in [0.15, 0.2) is 0 Å². The molecule has 0 radical (unpaired) electrons. The third-order valence-electron chi connectivity index (χ3n) is 8.95. The van der Waals surface area contributed by atoms with Gasteiger partial charge >= 0.3 is 0 Å². The summed E-state index contributed by atoms with van der Waals surface area (Å²) < 4.78 is 15.7. The summed E-state index contributed by atoms with van der Waals surface area (Å²) >= 11 is 0. The summed E-state index contributed by atoms with van der Waals surface area (Å²) in [5.41, 5.74) is 2.78. The van der Waals surface area contributed by atoms with Gasteiger partial charge in [-0.3, -0.25) is 34.3 Å². The molecular formula is C32H29FN4O4. The van der Waals surface area contributed by atoms with Crippen molar-refractivity contribution in [2.24, 2.45) is 0 Å². The Bertz CT molecular complexity index is 1520. The maximum atomic E-state index is 15.7. The predicted octanol–water partition coefficient (Wildman–Crippen LogP) is 3.67. The van der Waals surface area contributed by atoms with Crippen molar-refractivity contribution in [2.45, 2.75) is 49.9 Å². The number of nitrogens with one attached hydrogen (secondary N) is 1. The van der Waals surface area contributed by atoms with Crippen LogP contribution in [-0.4, -0.2) is 64.6 Å². The van der Waals surface area contributed by atoms with Crippen LogP contribution in [0, 0.1) is 5.82 Å². The van der Waals surface area contributed by atoms with E-state index in [1.165, 1.54) is 17.2 Å². The Morgan fingerprint density at radius 2 is 1.37 bits per heavy atom. The third kappa shape index (κ3) is 4.23. The average Bonchev–Trinajstić information content (AvgIpc) is 3.22. The number of halogens is 1. The Balaban J connectivity index is 1.18. The second-order valence-corrected chi connectivity index (χ2v) is 11.3. The Labute approximate surface area is 236 Å². The van der Waals surface area contributed by atoms with Crippen molar-refractivity contribution in [2.75, 3.05) is 18.0 Å². The van der Waals surface area contributed by atoms with Gasteiger partial charge < -0.3 is 4.90 Å². The lowest BCUT2D eigenvalue weighted by atomic mass is 9.85. The zero-order valence-corrected chi connectivity index (χ0v) is 22.3. The van der Waals surface area contributed by atoms with Gasteiger partial charge in [-0.2, -0.15) is 0 Å². The highest BCUT2D eigenvalue weighted by molar-refractivity contribution is 6.23. The SMILES string of the molecule is O=C1CCC(N2C(=O)c3cc(F)c(N4CC5CCC4CN5C(c4ccccc4)c4ccccc4)cc3C2=O)C(=O)N1. The molecule has 1 N–H and O–H groups in total. The fourth-order valence-electron chi connectivity index (χ4n) is 7.02. The van der Waals surface area contributed by atoms with Crippen molar-refractivity contribution >= 4 is 29.3 Å². The molecule has 0 spiro atoms. The van der Waals surface area contributed by atoms with Gasteiger partial charge in [-0.25, -0.2) is 4.39 Å². The first kappa shape index (κ1) is 25.6. The van der Waals surface area contributed by atoms with E-state index < -0.39 is 35.5 Å². The number of rotatable bonds is 5. The molecule has 8 rings (SSSR count). The predicted molar refractivity (Wildman–Crippen MR) is 149 cm³/mol. The highest BCUT2D eigenvalue weighted by Gasteiger charge is 2.47. The lowest BCUT2D eigenvalue weighted by Gasteiger charge is -2.55. The molecule has 4 fully saturated rings. The van der Waals surface area contributed by atoms with Crippen LogP contribution in [0.5, 0.6) is 0 Å². The molecule has 5 aliphatic rings. The van der Waals surface area contributed by atoms with E-state index in [0.29, 0.717) is 12.2 Å². The van der Waals surface area contributed by atoms with Crippen molar-refractivity contribution in [3.8, 4) is 0 Å². The van der Waals surface area contributed by atoms with Gasteiger partial charge in [-0.05, 0) is 42.5 Å². The Kier molecular flexibility index (Phi) is 6.19. The van der Waals surface area contributed by atoms with Gasteiger partial charge in [0.1, 0.15) is 11.9 Å². The number of hydrogen-bond acceptors (Lipinski definition) is 6. The topological polar surface area (TPSA) is 90.0 Å². The van der Waals surface area contributed by atoms with Gasteiger partial charge in [0.05, 0.1) is 22.9 Å². The molecule has 3 aromatic carbocycles. The van der Waals surface area contributed by atoms with Crippen molar-refractivity contribution < 1.29 is 23.6 Å². The fraction of sp³-hybridized carbons (Fsp3) is 0.312. The van der Waals surface area contributed by atoms with Gasteiger partial charge in [0.25, 0.3) is 11.8 Å². The molecule has 5 heterocycles. The largest absolute Gasteiger partial charge is 0.363 e. The molecule has 208 valence electrons. The first-order valence-electron chi connectivity index (χ1n) is 14.1. The number of piperazine rings is 1. The van der Waals surface area contributed by atoms with E-state index in [0.717, 1.165) is 30.4 Å². The smallest absolute Gasteiger partial charge is 0.262 e. The highest BCUT2D eigenvalue weighted by atomic mass is 19.1. The second-order valence-electron chi connectivity index (χ2n) is 11.3. The van der Waals surface area contributed by atoms with E-state index in [9.17, 15) is 19.2 Å². The number of fused-ring (bicyclic) bond motifs is 4. The number of amides is 4. The fourth-order valence-corrected chi connectivity index (χ4v) is 7.02. The number of carbonyl (C=O) groups excluding carboxylic acids is 4. The van der Waals surface area contributed by atoms with E-state index in [1.807, 2.05) is 17.0 Å². The molecule has 0 aromatic heterocycles. The van der Waals surface area contributed by atoms with E-state index in [-0.39, 0.29) is 42.1 Å². The standard InChI is InChI=1S/C32H29FN4O4/c33-25-15-23-24(32(41)37(31(23)40)26-13-14-28(38)34-30(26)39)16-27(25)35-17-22-12-11-21(35)18-36(22)29(19-7-3-1-4-8-19)20-9-5-2-6-10-20/h1-10,15-16,21-22,26,29H,11-14,17-18H2,(H,34,38,39). The summed E-state index contributed by atoms with van der Waals surface area (Å²) in [6, 6.07) is 22.6. The third-order valence-corrected chi connectivity index (χ3v) is 8.95. The summed E-state index contributed by atoms with van der Waals surface area (Å²) in [5.74, 6) is -3.01. The van der Waals surface area contributed by atoms with E-state index in [2.05, 4.69) is 58.7 Å². The van der Waals surface area contributed by atoms with Crippen LogP contribution in [0.1, 0.15) is 63.6 Å². The minimum absolute atomic E-state index is 0.0286.